The molecule has 0 unspecified atom stereocenters. The molecule has 1 amide bonds. The summed E-state index contributed by atoms with van der Waals surface area (Å²) in [7, 11) is -1.53. The van der Waals surface area contributed by atoms with E-state index in [0.717, 1.165) is 0 Å². The molecular formula is C14H15ClN2O5S. The average molecular weight is 359 g/mol. The number of oxazole rings is 1. The van der Waals surface area contributed by atoms with Crippen molar-refractivity contribution >= 4 is 38.4 Å². The second-order valence-corrected chi connectivity index (χ2v) is 8.29. The number of fused-ring (bicyclic) bond motifs is 1. The van der Waals surface area contributed by atoms with Crippen molar-refractivity contribution in [3.63, 3.8) is 0 Å². The Balaban J connectivity index is 1.83. The van der Waals surface area contributed by atoms with E-state index in [1.54, 1.807) is 19.2 Å². The highest BCUT2D eigenvalue weighted by Crippen LogP contribution is 2.20. The molecule has 124 valence electrons. The first-order valence-corrected chi connectivity index (χ1v) is 9.22. The Morgan fingerprint density at radius 3 is 2.87 bits per heavy atom. The largest absolute Gasteiger partial charge is 0.420 e. The number of likely N-dealkylation sites (N-methyl/N-ethyl adjacent to an activating group) is 1. The third kappa shape index (κ3) is 3.13. The molecule has 0 N–H and O–H groups in total. The third-order valence-corrected chi connectivity index (χ3v) is 6.06. The summed E-state index contributed by atoms with van der Waals surface area (Å²) in [4.78, 5) is 25.7. The SMILES string of the molecule is CN(C(=O)Cn1c(=O)oc2cc(Cl)ccc21)[C@H]1CCS(=O)(=O)C1. The quantitative estimate of drug-likeness (QED) is 0.813. The maximum atomic E-state index is 12.4. The molecule has 23 heavy (non-hydrogen) atoms. The van der Waals surface area contributed by atoms with Crippen LogP contribution >= 0.6 is 11.6 Å². The minimum absolute atomic E-state index is 0.0358. The number of rotatable bonds is 3. The van der Waals surface area contributed by atoms with Crippen LogP contribution in [-0.4, -0.2) is 48.4 Å². The summed E-state index contributed by atoms with van der Waals surface area (Å²) in [5, 5.41) is 0.429. The number of carbonyl (C=O) groups is 1. The molecular weight excluding hydrogens is 344 g/mol. The molecule has 1 aliphatic heterocycles. The Morgan fingerprint density at radius 2 is 2.22 bits per heavy atom. The summed E-state index contributed by atoms with van der Waals surface area (Å²) in [6, 6.07) is 4.37. The molecule has 9 heteroatoms. The fraction of sp³-hybridized carbons (Fsp3) is 0.429. The van der Waals surface area contributed by atoms with Gasteiger partial charge in [-0.15, -0.1) is 0 Å². The maximum absolute atomic E-state index is 12.4. The zero-order chi connectivity index (χ0) is 16.8. The fourth-order valence-electron chi connectivity index (χ4n) is 2.72. The van der Waals surface area contributed by atoms with E-state index < -0.39 is 15.6 Å². The molecule has 3 rings (SSSR count). The first-order chi connectivity index (χ1) is 10.8. The molecule has 2 heterocycles. The monoisotopic (exact) mass is 358 g/mol. The van der Waals surface area contributed by atoms with E-state index in [2.05, 4.69) is 0 Å². The third-order valence-electron chi connectivity index (χ3n) is 4.07. The number of aromatic nitrogens is 1. The van der Waals surface area contributed by atoms with Crippen LogP contribution in [0.25, 0.3) is 11.1 Å². The number of benzene rings is 1. The molecule has 0 radical (unpaired) electrons. The zero-order valence-electron chi connectivity index (χ0n) is 12.4. The van der Waals surface area contributed by atoms with E-state index in [-0.39, 0.29) is 30.0 Å². The highest BCUT2D eigenvalue weighted by molar-refractivity contribution is 7.91. The molecule has 0 aliphatic carbocycles. The van der Waals surface area contributed by atoms with Gasteiger partial charge in [-0.25, -0.2) is 13.2 Å². The summed E-state index contributed by atoms with van der Waals surface area (Å²) in [5.74, 6) is -0.941. The number of hydrogen-bond donors (Lipinski definition) is 0. The lowest BCUT2D eigenvalue weighted by Gasteiger charge is -2.23. The molecule has 1 aliphatic rings. The maximum Gasteiger partial charge on any atom is 0.420 e. The topological polar surface area (TPSA) is 89.6 Å². The van der Waals surface area contributed by atoms with Gasteiger partial charge in [0.15, 0.2) is 15.4 Å². The molecule has 1 atom stereocenters. The molecule has 1 fully saturated rings. The van der Waals surface area contributed by atoms with Gasteiger partial charge >= 0.3 is 5.76 Å². The van der Waals surface area contributed by atoms with E-state index in [0.29, 0.717) is 22.5 Å². The van der Waals surface area contributed by atoms with Crippen molar-refractivity contribution in [1.29, 1.82) is 0 Å². The van der Waals surface area contributed by atoms with Gasteiger partial charge < -0.3 is 9.32 Å². The molecule has 0 spiro atoms. The minimum atomic E-state index is -3.08. The highest BCUT2D eigenvalue weighted by atomic mass is 35.5. The van der Waals surface area contributed by atoms with Crippen LogP contribution in [-0.2, 0) is 21.2 Å². The number of carbonyl (C=O) groups excluding carboxylic acids is 1. The summed E-state index contributed by atoms with van der Waals surface area (Å²) >= 11 is 5.85. The van der Waals surface area contributed by atoms with Gasteiger partial charge in [-0.2, -0.15) is 0 Å². The van der Waals surface area contributed by atoms with Crippen molar-refractivity contribution in [2.45, 2.75) is 19.0 Å². The van der Waals surface area contributed by atoms with Gasteiger partial charge in [-0.05, 0) is 18.6 Å². The zero-order valence-corrected chi connectivity index (χ0v) is 13.9. The Kier molecular flexibility index (Phi) is 3.97. The number of amides is 1. The van der Waals surface area contributed by atoms with E-state index >= 15 is 0 Å². The molecule has 0 saturated carbocycles. The van der Waals surface area contributed by atoms with E-state index in [1.165, 1.54) is 15.5 Å². The van der Waals surface area contributed by atoms with Gasteiger partial charge in [0.1, 0.15) is 6.54 Å². The fourth-order valence-corrected chi connectivity index (χ4v) is 4.66. The van der Waals surface area contributed by atoms with Crippen LogP contribution in [0.3, 0.4) is 0 Å². The van der Waals surface area contributed by atoms with Crippen molar-refractivity contribution in [3.8, 4) is 0 Å². The first kappa shape index (κ1) is 16.1. The van der Waals surface area contributed by atoms with Crippen molar-refractivity contribution in [3.05, 3.63) is 33.8 Å². The van der Waals surface area contributed by atoms with Crippen LogP contribution in [0.1, 0.15) is 6.42 Å². The van der Waals surface area contributed by atoms with E-state index in [9.17, 15) is 18.0 Å². The van der Waals surface area contributed by atoms with Crippen LogP contribution in [0.2, 0.25) is 5.02 Å². The predicted molar refractivity (Wildman–Crippen MR) is 85.3 cm³/mol. The Hall–Kier alpha value is -1.80. The van der Waals surface area contributed by atoms with Crippen molar-refractivity contribution in [1.82, 2.24) is 9.47 Å². The normalized spacial score (nSPS) is 20.0. The van der Waals surface area contributed by atoms with Gasteiger partial charge in [0.25, 0.3) is 0 Å². The van der Waals surface area contributed by atoms with Crippen molar-refractivity contribution in [2.24, 2.45) is 0 Å². The summed E-state index contributed by atoms with van der Waals surface area (Å²) in [6.45, 7) is -0.208. The number of hydrogen-bond acceptors (Lipinski definition) is 5. The Morgan fingerprint density at radius 1 is 1.48 bits per heavy atom. The van der Waals surface area contributed by atoms with Gasteiger partial charge in [0, 0.05) is 24.2 Å². The summed E-state index contributed by atoms with van der Waals surface area (Å²) < 4.78 is 29.3. The lowest BCUT2D eigenvalue weighted by atomic mass is 10.2. The lowest BCUT2D eigenvalue weighted by molar-refractivity contribution is -0.132. The summed E-state index contributed by atoms with van der Waals surface area (Å²) in [5.41, 5.74) is 0.779. The van der Waals surface area contributed by atoms with Crippen molar-refractivity contribution in [2.75, 3.05) is 18.6 Å². The van der Waals surface area contributed by atoms with Gasteiger partial charge in [0.2, 0.25) is 5.91 Å². The molecule has 7 nitrogen and oxygen atoms in total. The summed E-state index contributed by atoms with van der Waals surface area (Å²) in [6.07, 6.45) is 0.418. The first-order valence-electron chi connectivity index (χ1n) is 7.02. The molecule has 1 aromatic carbocycles. The predicted octanol–water partition coefficient (Wildman–Crippen LogP) is 0.893. The Bertz CT molecular complexity index is 930. The van der Waals surface area contributed by atoms with Crippen LogP contribution in [0.5, 0.6) is 0 Å². The minimum Gasteiger partial charge on any atom is -0.408 e. The van der Waals surface area contributed by atoms with E-state index in [4.69, 9.17) is 16.0 Å². The van der Waals surface area contributed by atoms with Gasteiger partial charge in [-0.3, -0.25) is 9.36 Å². The van der Waals surface area contributed by atoms with Gasteiger partial charge in [-0.1, -0.05) is 11.6 Å². The number of nitrogens with zero attached hydrogens (tertiary/aromatic N) is 2. The van der Waals surface area contributed by atoms with Crippen LogP contribution in [0.4, 0.5) is 0 Å². The number of halogens is 1. The molecule has 2 aromatic rings. The second kappa shape index (κ2) is 5.68. The number of sulfone groups is 1. The highest BCUT2D eigenvalue weighted by Gasteiger charge is 2.33. The molecule has 1 saturated heterocycles. The lowest BCUT2D eigenvalue weighted by Crippen LogP contribution is -2.40. The molecule has 1 aromatic heterocycles. The second-order valence-electron chi connectivity index (χ2n) is 5.63. The molecule has 0 bridgehead atoms. The van der Waals surface area contributed by atoms with Gasteiger partial charge in [0.05, 0.1) is 17.0 Å². The van der Waals surface area contributed by atoms with Crippen LogP contribution < -0.4 is 5.76 Å². The van der Waals surface area contributed by atoms with Crippen LogP contribution in [0, 0.1) is 0 Å². The van der Waals surface area contributed by atoms with Crippen LogP contribution in [0.15, 0.2) is 27.4 Å². The average Bonchev–Trinajstić information content (AvgIpc) is 2.98. The standard InChI is InChI=1S/C14H15ClN2O5S/c1-16(10-4-5-23(20,21)8-10)13(18)7-17-11-3-2-9(15)6-12(11)22-14(17)19/h2-3,6,10H,4-5,7-8H2,1H3/t10-/m0/s1. The Labute approximate surface area is 137 Å². The smallest absolute Gasteiger partial charge is 0.408 e. The van der Waals surface area contributed by atoms with Crippen molar-refractivity contribution < 1.29 is 17.6 Å². The van der Waals surface area contributed by atoms with E-state index in [1.807, 2.05) is 0 Å².